The summed E-state index contributed by atoms with van der Waals surface area (Å²) in [5.41, 5.74) is 7.92. The average molecular weight is 227 g/mol. The lowest BCUT2D eigenvalue weighted by Gasteiger charge is -2.20. The Bertz CT molecular complexity index is 312. The van der Waals surface area contributed by atoms with Gasteiger partial charge in [-0.2, -0.15) is 0 Å². The van der Waals surface area contributed by atoms with Crippen LogP contribution in [0.2, 0.25) is 5.02 Å². The van der Waals surface area contributed by atoms with Crippen LogP contribution in [-0.2, 0) is 6.54 Å². The van der Waals surface area contributed by atoms with Crippen LogP contribution >= 0.6 is 11.6 Å². The number of aryl methyl sites for hydroxylation is 1. The van der Waals surface area contributed by atoms with E-state index in [1.807, 2.05) is 13.0 Å². The van der Waals surface area contributed by atoms with E-state index in [1.165, 1.54) is 11.1 Å². The maximum Gasteiger partial charge on any atom is 0.0453 e. The van der Waals surface area contributed by atoms with Crippen molar-refractivity contribution in [3.63, 3.8) is 0 Å². The van der Waals surface area contributed by atoms with E-state index in [1.54, 1.807) is 0 Å². The van der Waals surface area contributed by atoms with Gasteiger partial charge in [-0.1, -0.05) is 30.7 Å². The number of rotatable bonds is 5. The Morgan fingerprint density at radius 2 is 2.13 bits per heavy atom. The number of nitrogens with two attached hydrogens (primary N) is 1. The van der Waals surface area contributed by atoms with E-state index in [0.29, 0.717) is 6.54 Å². The molecule has 0 aliphatic heterocycles. The molecule has 0 aromatic heterocycles. The molecule has 0 aliphatic rings. The molecule has 1 aromatic rings. The number of hydrogen-bond acceptors (Lipinski definition) is 2. The molecule has 0 saturated heterocycles. The van der Waals surface area contributed by atoms with Crippen LogP contribution in [0.1, 0.15) is 18.1 Å². The average Bonchev–Trinajstić information content (AvgIpc) is 2.21. The lowest BCUT2D eigenvalue weighted by Crippen LogP contribution is -2.28. The normalized spacial score (nSPS) is 11.0. The fourth-order valence-corrected chi connectivity index (χ4v) is 1.85. The van der Waals surface area contributed by atoms with Gasteiger partial charge in [0.2, 0.25) is 0 Å². The highest BCUT2D eigenvalue weighted by molar-refractivity contribution is 6.31. The predicted octanol–water partition coefficient (Wildman–Crippen LogP) is 2.43. The highest BCUT2D eigenvalue weighted by Gasteiger charge is 2.05. The van der Waals surface area contributed by atoms with Crippen molar-refractivity contribution in [3.05, 3.63) is 34.3 Å². The zero-order chi connectivity index (χ0) is 11.3. The van der Waals surface area contributed by atoms with Gasteiger partial charge in [0, 0.05) is 24.7 Å². The molecular formula is C12H19ClN2. The van der Waals surface area contributed by atoms with Crippen molar-refractivity contribution in [2.24, 2.45) is 5.73 Å². The summed E-state index contributed by atoms with van der Waals surface area (Å²) in [5, 5.41) is 0.852. The van der Waals surface area contributed by atoms with Crippen LogP contribution in [0.3, 0.4) is 0 Å². The molecule has 3 heteroatoms. The summed E-state index contributed by atoms with van der Waals surface area (Å²) < 4.78 is 0. The van der Waals surface area contributed by atoms with E-state index < -0.39 is 0 Å². The van der Waals surface area contributed by atoms with Crippen LogP contribution in [0.5, 0.6) is 0 Å². The molecule has 0 unspecified atom stereocenters. The first kappa shape index (κ1) is 12.5. The van der Waals surface area contributed by atoms with Gasteiger partial charge < -0.3 is 5.73 Å². The second kappa shape index (κ2) is 6.11. The van der Waals surface area contributed by atoms with E-state index >= 15 is 0 Å². The maximum absolute atomic E-state index is 6.17. The Morgan fingerprint density at radius 3 is 2.67 bits per heavy atom. The molecule has 1 rings (SSSR count). The zero-order valence-electron chi connectivity index (χ0n) is 9.46. The third-order valence-electron chi connectivity index (χ3n) is 2.50. The Balaban J connectivity index is 2.70. The van der Waals surface area contributed by atoms with Gasteiger partial charge in [0.05, 0.1) is 0 Å². The molecule has 0 amide bonds. The van der Waals surface area contributed by atoms with Crippen molar-refractivity contribution in [2.75, 3.05) is 19.6 Å². The van der Waals surface area contributed by atoms with E-state index in [-0.39, 0.29) is 0 Å². The summed E-state index contributed by atoms with van der Waals surface area (Å²) >= 11 is 6.17. The molecule has 0 fully saturated rings. The van der Waals surface area contributed by atoms with Crippen molar-refractivity contribution in [2.45, 2.75) is 20.4 Å². The topological polar surface area (TPSA) is 29.3 Å². The molecule has 0 radical (unpaired) electrons. The minimum absolute atomic E-state index is 0.692. The van der Waals surface area contributed by atoms with Gasteiger partial charge >= 0.3 is 0 Å². The molecule has 1 aromatic carbocycles. The van der Waals surface area contributed by atoms with Crippen LogP contribution in [0, 0.1) is 6.92 Å². The molecule has 0 bridgehead atoms. The molecule has 15 heavy (non-hydrogen) atoms. The minimum Gasteiger partial charge on any atom is -0.329 e. The van der Waals surface area contributed by atoms with Crippen molar-refractivity contribution in [1.82, 2.24) is 4.90 Å². The number of nitrogens with zero attached hydrogens (tertiary/aromatic N) is 1. The highest BCUT2D eigenvalue weighted by Crippen LogP contribution is 2.19. The number of benzene rings is 1. The second-order valence-corrected chi connectivity index (χ2v) is 4.16. The first-order valence-corrected chi connectivity index (χ1v) is 5.72. The fraction of sp³-hybridized carbons (Fsp3) is 0.500. The van der Waals surface area contributed by atoms with Crippen LogP contribution < -0.4 is 5.73 Å². The Kier molecular flexibility index (Phi) is 5.09. The molecule has 84 valence electrons. The van der Waals surface area contributed by atoms with E-state index in [4.69, 9.17) is 17.3 Å². The lowest BCUT2D eigenvalue weighted by atomic mass is 10.1. The van der Waals surface area contributed by atoms with Crippen molar-refractivity contribution < 1.29 is 0 Å². The molecule has 0 atom stereocenters. The molecule has 2 N–H and O–H groups in total. The standard InChI is InChI=1S/C12H19ClN2/c1-3-15(7-6-14)9-11-5-4-10(2)8-12(11)13/h4-5,8H,3,6-7,9,14H2,1-2H3. The summed E-state index contributed by atoms with van der Waals surface area (Å²) in [6.45, 7) is 7.68. The third kappa shape index (κ3) is 3.82. The zero-order valence-corrected chi connectivity index (χ0v) is 10.2. The molecule has 0 spiro atoms. The molecule has 0 heterocycles. The molecule has 0 aliphatic carbocycles. The fourth-order valence-electron chi connectivity index (χ4n) is 1.55. The number of halogens is 1. The largest absolute Gasteiger partial charge is 0.329 e. The van der Waals surface area contributed by atoms with Crippen molar-refractivity contribution in [3.8, 4) is 0 Å². The smallest absolute Gasteiger partial charge is 0.0453 e. The summed E-state index contributed by atoms with van der Waals surface area (Å²) in [5.74, 6) is 0. The quantitative estimate of drug-likeness (QED) is 0.836. The van der Waals surface area contributed by atoms with Crippen LogP contribution in [0.4, 0.5) is 0 Å². The minimum atomic E-state index is 0.692. The van der Waals surface area contributed by atoms with Crippen molar-refractivity contribution >= 4 is 11.6 Å². The first-order chi connectivity index (χ1) is 7.17. The van der Waals surface area contributed by atoms with E-state index in [2.05, 4.69) is 24.0 Å². The highest BCUT2D eigenvalue weighted by atomic mass is 35.5. The number of hydrogen-bond donors (Lipinski definition) is 1. The van der Waals surface area contributed by atoms with Gasteiger partial charge in [0.25, 0.3) is 0 Å². The molecule has 2 nitrogen and oxygen atoms in total. The second-order valence-electron chi connectivity index (χ2n) is 3.75. The third-order valence-corrected chi connectivity index (χ3v) is 2.85. The summed E-state index contributed by atoms with van der Waals surface area (Å²) in [6.07, 6.45) is 0. The van der Waals surface area contributed by atoms with E-state index in [9.17, 15) is 0 Å². The van der Waals surface area contributed by atoms with E-state index in [0.717, 1.165) is 24.7 Å². The van der Waals surface area contributed by atoms with Gasteiger partial charge in [0.1, 0.15) is 0 Å². The number of likely N-dealkylation sites (N-methyl/N-ethyl adjacent to an activating group) is 1. The maximum atomic E-state index is 6.17. The van der Waals surface area contributed by atoms with Gasteiger partial charge in [-0.05, 0) is 30.7 Å². The van der Waals surface area contributed by atoms with Crippen LogP contribution in [0.15, 0.2) is 18.2 Å². The molecular weight excluding hydrogens is 208 g/mol. The Morgan fingerprint density at radius 1 is 1.40 bits per heavy atom. The Labute approximate surface area is 97.0 Å². The molecule has 0 saturated carbocycles. The van der Waals surface area contributed by atoms with Gasteiger partial charge in [-0.15, -0.1) is 0 Å². The van der Waals surface area contributed by atoms with Gasteiger partial charge in [-0.3, -0.25) is 4.90 Å². The van der Waals surface area contributed by atoms with Gasteiger partial charge in [-0.25, -0.2) is 0 Å². The van der Waals surface area contributed by atoms with Crippen LogP contribution in [0.25, 0.3) is 0 Å². The monoisotopic (exact) mass is 226 g/mol. The van der Waals surface area contributed by atoms with Gasteiger partial charge in [0.15, 0.2) is 0 Å². The summed E-state index contributed by atoms with van der Waals surface area (Å²) in [6, 6.07) is 6.20. The Hall–Kier alpha value is -0.570. The summed E-state index contributed by atoms with van der Waals surface area (Å²) in [4.78, 5) is 2.29. The van der Waals surface area contributed by atoms with Crippen LogP contribution in [-0.4, -0.2) is 24.5 Å². The van der Waals surface area contributed by atoms with Crippen molar-refractivity contribution in [1.29, 1.82) is 0 Å². The summed E-state index contributed by atoms with van der Waals surface area (Å²) in [7, 11) is 0. The SMILES string of the molecule is CCN(CCN)Cc1ccc(C)cc1Cl. The predicted molar refractivity (Wildman–Crippen MR) is 66.2 cm³/mol. The lowest BCUT2D eigenvalue weighted by molar-refractivity contribution is 0.288. The first-order valence-electron chi connectivity index (χ1n) is 5.34.